The predicted molar refractivity (Wildman–Crippen MR) is 76.8 cm³/mol. The zero-order chi connectivity index (χ0) is 18.0. The molecule has 0 N–H and O–H groups in total. The number of carbonyl (C=O) groups is 5. The van der Waals surface area contributed by atoms with Gasteiger partial charge in [0.1, 0.15) is 0 Å². The van der Waals surface area contributed by atoms with Crippen molar-refractivity contribution < 1.29 is 46.4 Å². The minimum atomic E-state index is -3.78. The van der Waals surface area contributed by atoms with Crippen LogP contribution in [-0.2, 0) is 46.4 Å². The van der Waals surface area contributed by atoms with Gasteiger partial charge < -0.3 is 22.4 Å². The van der Waals surface area contributed by atoms with E-state index in [-0.39, 0.29) is 12.1 Å². The fraction of sp³-hybridized carbons (Fsp3) is 0.545. The van der Waals surface area contributed by atoms with Crippen LogP contribution >= 0.6 is 0 Å². The number of rotatable bonds is 9. The first-order chi connectivity index (χ1) is 10.6. The molecule has 0 spiro atoms. The van der Waals surface area contributed by atoms with Gasteiger partial charge in [-0.1, -0.05) is 0 Å². The minimum absolute atomic E-state index is 0.0863. The molecule has 0 saturated carbocycles. The zero-order valence-electron chi connectivity index (χ0n) is 13.2. The molecule has 0 rings (SSSR count). The molecule has 0 aliphatic heterocycles. The van der Waals surface area contributed by atoms with Crippen LogP contribution in [0.3, 0.4) is 0 Å². The van der Waals surface area contributed by atoms with Crippen LogP contribution in [0.4, 0.5) is 0 Å². The van der Waals surface area contributed by atoms with E-state index in [0.717, 1.165) is 27.7 Å². The highest BCUT2D eigenvalue weighted by Gasteiger charge is 2.51. The van der Waals surface area contributed by atoms with Gasteiger partial charge in [0.05, 0.1) is 5.67 Å². The fourth-order valence-electron chi connectivity index (χ4n) is 1.64. The Labute approximate surface area is 135 Å². The topological polar surface area (TPSA) is 132 Å². The van der Waals surface area contributed by atoms with Crippen LogP contribution in [0.1, 0.15) is 27.7 Å². The highest BCUT2D eigenvalue weighted by atomic mass is 28.4. The van der Waals surface area contributed by atoms with Crippen molar-refractivity contribution in [1.29, 1.82) is 0 Å². The molecule has 0 aliphatic carbocycles. The van der Waals surface area contributed by atoms with E-state index < -0.39 is 48.0 Å². The van der Waals surface area contributed by atoms with Crippen LogP contribution < -0.4 is 0 Å². The molecule has 23 heavy (non-hydrogen) atoms. The third-order valence-corrected chi connectivity index (χ3v) is 9.04. The second-order valence-electron chi connectivity index (χ2n) is 4.36. The molecule has 0 aromatic heterocycles. The van der Waals surface area contributed by atoms with Gasteiger partial charge in [0.2, 0.25) is 0 Å². The van der Waals surface area contributed by atoms with E-state index in [9.17, 15) is 24.0 Å². The molecule has 0 atom stereocenters. The summed E-state index contributed by atoms with van der Waals surface area (Å²) in [7, 11) is -6.81. The summed E-state index contributed by atoms with van der Waals surface area (Å²) in [6, 6.07) is 0. The van der Waals surface area contributed by atoms with Crippen LogP contribution in [0.5, 0.6) is 0 Å². The monoisotopic (exact) mass is 366 g/mol. The van der Waals surface area contributed by atoms with Gasteiger partial charge in [-0.2, -0.15) is 0 Å². The van der Waals surface area contributed by atoms with E-state index in [4.69, 9.17) is 17.7 Å². The molecule has 0 bridgehead atoms. The Bertz CT molecular complexity index is 445. The molecule has 0 aromatic carbocycles. The molecule has 0 saturated heterocycles. The van der Waals surface area contributed by atoms with Crippen molar-refractivity contribution >= 4 is 48.2 Å². The van der Waals surface area contributed by atoms with Gasteiger partial charge in [0.15, 0.2) is 6.23 Å². The molecule has 130 valence electrons. The maximum absolute atomic E-state index is 11.3. The Morgan fingerprint density at radius 1 is 0.870 bits per heavy atom. The van der Waals surface area contributed by atoms with E-state index in [0.29, 0.717) is 0 Å². The SMILES string of the molecule is CC(=O)O[SiH](C[Si](COC=O)(OC(C)=O)OC(C)=O)OC(C)=O. The molecule has 0 unspecified atom stereocenters. The van der Waals surface area contributed by atoms with Gasteiger partial charge in [0, 0.05) is 27.7 Å². The largest absolute Gasteiger partial charge is 0.507 e. The first kappa shape index (κ1) is 20.8. The zero-order valence-corrected chi connectivity index (χ0v) is 15.3. The molecule has 0 amide bonds. The van der Waals surface area contributed by atoms with Crippen molar-refractivity contribution in [3.8, 4) is 0 Å². The lowest BCUT2D eigenvalue weighted by Crippen LogP contribution is -2.54. The van der Waals surface area contributed by atoms with Crippen molar-refractivity contribution in [2.75, 3.05) is 6.23 Å². The lowest BCUT2D eigenvalue weighted by Gasteiger charge is -2.29. The number of carbonyl (C=O) groups excluding carboxylic acids is 5. The van der Waals surface area contributed by atoms with Gasteiger partial charge in [-0.05, 0) is 0 Å². The van der Waals surface area contributed by atoms with Gasteiger partial charge in [-0.3, -0.25) is 24.0 Å². The molecule has 0 aliphatic rings. The third kappa shape index (κ3) is 9.41. The number of hydrogen-bond donors (Lipinski definition) is 0. The number of ether oxygens (including phenoxy) is 1. The van der Waals surface area contributed by atoms with Crippen LogP contribution in [0.2, 0.25) is 5.67 Å². The number of hydrogen-bond acceptors (Lipinski definition) is 10. The standard InChI is InChI=1S/C11H18O10Si2/c1-8(13)18-22(19-9(2)14)7-23(6-17-5-12,20-10(3)15)21-11(4)16/h5,22H,6-7H2,1-4H3. The minimum Gasteiger partial charge on any atom is -0.487 e. The van der Waals surface area contributed by atoms with E-state index in [1.54, 1.807) is 0 Å². The first-order valence-corrected chi connectivity index (χ1v) is 10.4. The van der Waals surface area contributed by atoms with Crippen LogP contribution in [0, 0.1) is 0 Å². The van der Waals surface area contributed by atoms with Gasteiger partial charge in [0.25, 0.3) is 30.3 Å². The fourth-order valence-corrected chi connectivity index (χ4v) is 7.79. The van der Waals surface area contributed by atoms with Crippen LogP contribution in [-0.4, -0.2) is 54.4 Å². The summed E-state index contributed by atoms with van der Waals surface area (Å²) in [5, 5.41) is 0. The third-order valence-electron chi connectivity index (χ3n) is 2.10. The molecule has 0 aromatic rings. The maximum atomic E-state index is 11.3. The molecule has 0 radical (unpaired) electrons. The van der Waals surface area contributed by atoms with Gasteiger partial charge >= 0.3 is 17.8 Å². The normalized spacial score (nSPS) is 10.5. The van der Waals surface area contributed by atoms with E-state index in [1.165, 1.54) is 0 Å². The molecular formula is C11H18O10Si2. The smallest absolute Gasteiger partial charge is 0.487 e. The Hall–Kier alpha value is -2.22. The summed E-state index contributed by atoms with van der Waals surface area (Å²) < 4.78 is 24.6. The average Bonchev–Trinajstić information content (AvgIpc) is 2.32. The quantitative estimate of drug-likeness (QED) is 0.375. The van der Waals surface area contributed by atoms with E-state index >= 15 is 0 Å². The van der Waals surface area contributed by atoms with Gasteiger partial charge in [-0.15, -0.1) is 0 Å². The summed E-state index contributed by atoms with van der Waals surface area (Å²) in [6.45, 7) is 4.43. The van der Waals surface area contributed by atoms with Crippen molar-refractivity contribution in [1.82, 2.24) is 0 Å². The Kier molecular flexibility index (Phi) is 8.79. The lowest BCUT2D eigenvalue weighted by atomic mass is 10.9. The first-order valence-electron chi connectivity index (χ1n) is 6.39. The molecule has 10 nitrogen and oxygen atoms in total. The van der Waals surface area contributed by atoms with E-state index in [2.05, 4.69) is 4.74 Å². The molecular weight excluding hydrogens is 348 g/mol. The summed E-state index contributed by atoms with van der Waals surface area (Å²) in [5.74, 6) is -3.00. The van der Waals surface area contributed by atoms with Crippen molar-refractivity contribution in [3.05, 3.63) is 0 Å². The van der Waals surface area contributed by atoms with Gasteiger partial charge in [-0.25, -0.2) is 0 Å². The summed E-state index contributed by atoms with van der Waals surface area (Å²) in [6.07, 6.45) is -0.512. The summed E-state index contributed by atoms with van der Waals surface area (Å²) in [5.41, 5.74) is -0.306. The van der Waals surface area contributed by atoms with Crippen molar-refractivity contribution in [3.63, 3.8) is 0 Å². The van der Waals surface area contributed by atoms with Crippen molar-refractivity contribution in [2.24, 2.45) is 0 Å². The van der Waals surface area contributed by atoms with Crippen LogP contribution in [0.15, 0.2) is 0 Å². The highest BCUT2D eigenvalue weighted by Crippen LogP contribution is 2.19. The average molecular weight is 366 g/mol. The maximum Gasteiger partial charge on any atom is 0.507 e. The van der Waals surface area contributed by atoms with Crippen molar-refractivity contribution in [2.45, 2.75) is 33.4 Å². The van der Waals surface area contributed by atoms with E-state index in [1.807, 2.05) is 0 Å². The highest BCUT2D eigenvalue weighted by molar-refractivity contribution is 6.80. The molecule has 0 heterocycles. The Morgan fingerprint density at radius 3 is 1.61 bits per heavy atom. The predicted octanol–water partition coefficient (Wildman–Crippen LogP) is -0.847. The second-order valence-corrected chi connectivity index (χ2v) is 9.84. The summed E-state index contributed by atoms with van der Waals surface area (Å²) in [4.78, 5) is 55.3. The Balaban J connectivity index is 5.48. The Morgan fingerprint density at radius 2 is 1.30 bits per heavy atom. The lowest BCUT2D eigenvalue weighted by molar-refractivity contribution is -0.141. The second kappa shape index (κ2) is 9.73. The molecule has 12 heteroatoms. The summed E-state index contributed by atoms with van der Waals surface area (Å²) >= 11 is 0. The van der Waals surface area contributed by atoms with Crippen LogP contribution in [0.25, 0.3) is 0 Å². The molecule has 0 fully saturated rings.